The fourth-order valence-corrected chi connectivity index (χ4v) is 5.04. The van der Waals surface area contributed by atoms with Crippen LogP contribution < -0.4 is 0 Å². The summed E-state index contributed by atoms with van der Waals surface area (Å²) < 4.78 is 2.40. The van der Waals surface area contributed by atoms with Gasteiger partial charge in [-0.25, -0.2) is 4.58 Å². The molecule has 0 fully saturated rings. The second kappa shape index (κ2) is 8.26. The Labute approximate surface area is 187 Å². The van der Waals surface area contributed by atoms with Gasteiger partial charge in [0.1, 0.15) is 7.05 Å². The molecule has 1 atom stereocenters. The summed E-state index contributed by atoms with van der Waals surface area (Å²) in [6.45, 7) is 23.6. The first kappa shape index (κ1) is 22.7. The van der Waals surface area contributed by atoms with Crippen molar-refractivity contribution < 1.29 is 4.58 Å². The molecule has 3 rings (SSSR count). The number of hydrogen-bond acceptors (Lipinski definition) is 1. The van der Waals surface area contributed by atoms with E-state index in [1.165, 1.54) is 22.2 Å². The number of likely N-dealkylation sites (N-methyl/N-ethyl adjacent to an activating group) is 1. The predicted octanol–water partition coefficient (Wildman–Crippen LogP) is 6.94. The van der Waals surface area contributed by atoms with E-state index >= 15 is 0 Å². The molecular weight excluding hydrogens is 376 g/mol. The van der Waals surface area contributed by atoms with Crippen LogP contribution in [0.4, 0.5) is 0 Å². The SMILES string of the molecule is C=CC1=C(C=CC)C(C(=C)C)=[N+](C)C(C)(Cc2cc3ccccc3c(C=C)n2)C1(C)C. The van der Waals surface area contributed by atoms with E-state index in [-0.39, 0.29) is 11.0 Å². The minimum absolute atomic E-state index is 0.168. The van der Waals surface area contributed by atoms with Gasteiger partial charge in [-0.3, -0.25) is 4.98 Å². The average Bonchev–Trinajstić information content (AvgIpc) is 2.72. The largest absolute Gasteiger partial charge is 0.253 e. The number of nitrogens with zero attached hydrogens (tertiary/aromatic N) is 2. The number of hydrogen-bond donors (Lipinski definition) is 0. The number of pyridine rings is 1. The molecule has 0 bridgehead atoms. The Balaban J connectivity index is 2.27. The second-order valence-electron chi connectivity index (χ2n) is 9.22. The van der Waals surface area contributed by atoms with E-state index in [1.54, 1.807) is 0 Å². The molecule has 1 aliphatic heterocycles. The van der Waals surface area contributed by atoms with Crippen molar-refractivity contribution in [3.63, 3.8) is 0 Å². The molecule has 2 heterocycles. The summed E-state index contributed by atoms with van der Waals surface area (Å²) in [5.41, 5.74) is 6.26. The van der Waals surface area contributed by atoms with Crippen molar-refractivity contribution >= 4 is 22.6 Å². The first-order valence-corrected chi connectivity index (χ1v) is 10.9. The fourth-order valence-electron chi connectivity index (χ4n) is 5.04. The summed E-state index contributed by atoms with van der Waals surface area (Å²) in [5, 5.41) is 2.33. The van der Waals surface area contributed by atoms with Crippen LogP contribution in [0.5, 0.6) is 0 Å². The molecular formula is C29H35N2+. The van der Waals surface area contributed by atoms with Crippen molar-refractivity contribution in [2.45, 2.75) is 46.6 Å². The maximum Gasteiger partial charge on any atom is 0.210 e. The summed E-state index contributed by atoms with van der Waals surface area (Å²) in [5.74, 6) is 0. The maximum absolute atomic E-state index is 5.00. The molecule has 0 spiro atoms. The third-order valence-corrected chi connectivity index (χ3v) is 7.12. The zero-order valence-corrected chi connectivity index (χ0v) is 19.9. The topological polar surface area (TPSA) is 15.9 Å². The molecule has 1 aliphatic rings. The Bertz CT molecular complexity index is 1170. The van der Waals surface area contributed by atoms with Gasteiger partial charge in [0.2, 0.25) is 5.71 Å². The zero-order valence-electron chi connectivity index (χ0n) is 19.9. The molecule has 2 aromatic rings. The van der Waals surface area contributed by atoms with Crippen molar-refractivity contribution in [2.75, 3.05) is 7.05 Å². The Morgan fingerprint density at radius 2 is 1.81 bits per heavy atom. The summed E-state index contributed by atoms with van der Waals surface area (Å²) in [4.78, 5) is 5.00. The monoisotopic (exact) mass is 411 g/mol. The summed E-state index contributed by atoms with van der Waals surface area (Å²) in [6, 6.07) is 10.6. The molecule has 1 aromatic carbocycles. The van der Waals surface area contributed by atoms with Crippen LogP contribution in [0.25, 0.3) is 16.8 Å². The van der Waals surface area contributed by atoms with Crippen molar-refractivity contribution in [1.82, 2.24) is 4.98 Å². The molecule has 2 nitrogen and oxygen atoms in total. The Morgan fingerprint density at radius 1 is 1.13 bits per heavy atom. The quantitative estimate of drug-likeness (QED) is 0.470. The first-order chi connectivity index (χ1) is 14.6. The third-order valence-electron chi connectivity index (χ3n) is 7.12. The van der Waals surface area contributed by atoms with Crippen molar-refractivity contribution in [3.05, 3.63) is 96.4 Å². The molecule has 0 saturated carbocycles. The van der Waals surface area contributed by atoms with Crippen molar-refractivity contribution in [1.29, 1.82) is 0 Å². The molecule has 2 heteroatoms. The van der Waals surface area contributed by atoms with E-state index in [9.17, 15) is 0 Å². The lowest BCUT2D eigenvalue weighted by molar-refractivity contribution is -0.598. The van der Waals surface area contributed by atoms with Gasteiger partial charge >= 0.3 is 0 Å². The summed E-state index contributed by atoms with van der Waals surface area (Å²) in [6.07, 6.45) is 8.94. The Morgan fingerprint density at radius 3 is 2.39 bits per heavy atom. The van der Waals surface area contributed by atoms with Gasteiger partial charge in [0.05, 0.1) is 17.5 Å². The summed E-state index contributed by atoms with van der Waals surface area (Å²) in [7, 11) is 2.19. The van der Waals surface area contributed by atoms with Crippen LogP contribution in [-0.2, 0) is 6.42 Å². The van der Waals surface area contributed by atoms with Gasteiger partial charge in [-0.15, -0.1) is 0 Å². The van der Waals surface area contributed by atoms with Crippen LogP contribution in [0, 0.1) is 5.41 Å². The lowest BCUT2D eigenvalue weighted by atomic mass is 9.62. The van der Waals surface area contributed by atoms with Crippen LogP contribution in [0.2, 0.25) is 0 Å². The van der Waals surface area contributed by atoms with Gasteiger partial charge in [-0.1, -0.05) is 62.2 Å². The summed E-state index contributed by atoms with van der Waals surface area (Å²) >= 11 is 0. The molecule has 31 heavy (non-hydrogen) atoms. The molecule has 0 amide bonds. The van der Waals surface area contributed by atoms with Crippen LogP contribution in [0.1, 0.15) is 46.0 Å². The number of fused-ring (bicyclic) bond motifs is 1. The molecule has 0 saturated heterocycles. The van der Waals surface area contributed by atoms with Gasteiger partial charge in [0.25, 0.3) is 0 Å². The highest BCUT2D eigenvalue weighted by molar-refractivity contribution is 6.11. The Hall–Kier alpha value is -3.00. The molecule has 0 aliphatic carbocycles. The molecule has 0 N–H and O–H groups in total. The first-order valence-electron chi connectivity index (χ1n) is 10.9. The third kappa shape index (κ3) is 3.54. The zero-order chi connectivity index (χ0) is 23.0. The molecule has 0 radical (unpaired) electrons. The number of benzene rings is 1. The lowest BCUT2D eigenvalue weighted by Gasteiger charge is -2.45. The van der Waals surface area contributed by atoms with Crippen LogP contribution in [0.15, 0.2) is 85.0 Å². The van der Waals surface area contributed by atoms with E-state index in [0.717, 1.165) is 28.8 Å². The molecule has 1 aromatic heterocycles. The number of allylic oxidation sites excluding steroid dienone is 5. The average molecular weight is 412 g/mol. The number of aromatic nitrogens is 1. The standard InChI is InChI=1S/C29H35N2/c1-10-15-24-25(11-2)28(6,7)29(8,31(9)27(24)20(4)5)19-22-18-21-16-13-14-17-23(21)26(12-3)30-22/h10-18H,2-4,19H2,1,5-9H3/q+1. The van der Waals surface area contributed by atoms with E-state index in [2.05, 4.69) is 102 Å². The van der Waals surface area contributed by atoms with Gasteiger partial charge < -0.3 is 0 Å². The molecule has 160 valence electrons. The van der Waals surface area contributed by atoms with Gasteiger partial charge in [-0.2, -0.15) is 0 Å². The lowest BCUT2D eigenvalue weighted by Crippen LogP contribution is -2.57. The highest BCUT2D eigenvalue weighted by Gasteiger charge is 2.55. The van der Waals surface area contributed by atoms with E-state index in [1.807, 2.05) is 18.2 Å². The smallest absolute Gasteiger partial charge is 0.210 e. The van der Waals surface area contributed by atoms with E-state index in [0.29, 0.717) is 0 Å². The van der Waals surface area contributed by atoms with Gasteiger partial charge in [0, 0.05) is 29.2 Å². The van der Waals surface area contributed by atoms with Crippen molar-refractivity contribution in [3.8, 4) is 0 Å². The van der Waals surface area contributed by atoms with Gasteiger partial charge in [-0.05, 0) is 50.8 Å². The highest BCUT2D eigenvalue weighted by atomic mass is 15.1. The van der Waals surface area contributed by atoms with Crippen LogP contribution >= 0.6 is 0 Å². The van der Waals surface area contributed by atoms with Crippen LogP contribution in [-0.4, -0.2) is 27.9 Å². The molecule has 1 unspecified atom stereocenters. The van der Waals surface area contributed by atoms with Crippen LogP contribution in [0.3, 0.4) is 0 Å². The number of rotatable bonds is 6. The minimum Gasteiger partial charge on any atom is -0.253 e. The minimum atomic E-state index is -0.232. The van der Waals surface area contributed by atoms with E-state index < -0.39 is 0 Å². The fraction of sp³-hybridized carbons (Fsp3) is 0.310. The predicted molar refractivity (Wildman–Crippen MR) is 136 cm³/mol. The Kier molecular flexibility index (Phi) is 6.04. The van der Waals surface area contributed by atoms with Gasteiger partial charge in [0.15, 0.2) is 5.54 Å². The second-order valence-corrected chi connectivity index (χ2v) is 9.22. The maximum atomic E-state index is 5.00. The normalized spacial score (nSPS) is 21.1. The highest BCUT2D eigenvalue weighted by Crippen LogP contribution is 2.48. The van der Waals surface area contributed by atoms with E-state index in [4.69, 9.17) is 4.98 Å². The van der Waals surface area contributed by atoms with Crippen molar-refractivity contribution in [2.24, 2.45) is 5.41 Å².